The molecule has 0 aromatic heterocycles. The summed E-state index contributed by atoms with van der Waals surface area (Å²) in [4.78, 5) is 18.8. The molecule has 2 aromatic carbocycles. The van der Waals surface area contributed by atoms with Gasteiger partial charge in [-0.25, -0.2) is 0 Å². The molecule has 1 aliphatic heterocycles. The largest absolute Gasteiger partial charge is 0.378 e. The Bertz CT molecular complexity index is 772. The molecule has 1 atom stereocenters. The molecular weight excluding hydrogens is 324 g/mol. The van der Waals surface area contributed by atoms with E-state index in [0.29, 0.717) is 31.7 Å². The lowest BCUT2D eigenvalue weighted by molar-refractivity contribution is 0.0606. The number of benzene rings is 2. The summed E-state index contributed by atoms with van der Waals surface area (Å²) in [6.07, 6.45) is 0. The summed E-state index contributed by atoms with van der Waals surface area (Å²) in [5, 5.41) is 9.58. The van der Waals surface area contributed by atoms with Crippen molar-refractivity contribution in [3.8, 4) is 6.07 Å². The summed E-state index contributed by atoms with van der Waals surface area (Å²) in [7, 11) is 3.96. The van der Waals surface area contributed by atoms with Crippen LogP contribution in [-0.2, 0) is 0 Å². The van der Waals surface area contributed by atoms with Crippen LogP contribution >= 0.6 is 0 Å². The molecular formula is C21H24N4O. The third-order valence-electron chi connectivity index (χ3n) is 4.83. The van der Waals surface area contributed by atoms with Crippen molar-refractivity contribution in [1.29, 1.82) is 5.26 Å². The molecule has 0 N–H and O–H groups in total. The third kappa shape index (κ3) is 3.87. The summed E-state index contributed by atoms with van der Waals surface area (Å²) in [6, 6.07) is 19.7. The Kier molecular flexibility index (Phi) is 5.55. The lowest BCUT2D eigenvalue weighted by atomic mass is 10.1. The highest BCUT2D eigenvalue weighted by atomic mass is 16.2. The van der Waals surface area contributed by atoms with E-state index >= 15 is 0 Å². The van der Waals surface area contributed by atoms with Gasteiger partial charge in [0.15, 0.2) is 0 Å². The van der Waals surface area contributed by atoms with E-state index in [1.807, 2.05) is 78.5 Å². The molecule has 3 rings (SSSR count). The van der Waals surface area contributed by atoms with E-state index in [0.717, 1.165) is 11.3 Å². The van der Waals surface area contributed by atoms with Gasteiger partial charge < -0.3 is 9.80 Å². The molecule has 134 valence electrons. The van der Waals surface area contributed by atoms with E-state index in [1.165, 1.54) is 0 Å². The maximum atomic E-state index is 12.7. The van der Waals surface area contributed by atoms with Gasteiger partial charge in [-0.15, -0.1) is 0 Å². The van der Waals surface area contributed by atoms with E-state index in [-0.39, 0.29) is 11.9 Å². The third-order valence-corrected chi connectivity index (χ3v) is 4.83. The fourth-order valence-electron chi connectivity index (χ4n) is 3.27. The van der Waals surface area contributed by atoms with E-state index in [9.17, 15) is 10.1 Å². The van der Waals surface area contributed by atoms with Crippen LogP contribution in [0, 0.1) is 11.3 Å². The number of hydrogen-bond acceptors (Lipinski definition) is 4. The Morgan fingerprint density at radius 1 is 1.00 bits per heavy atom. The van der Waals surface area contributed by atoms with Crippen LogP contribution in [0.4, 0.5) is 5.69 Å². The van der Waals surface area contributed by atoms with E-state index in [2.05, 4.69) is 11.0 Å². The zero-order valence-electron chi connectivity index (χ0n) is 15.3. The van der Waals surface area contributed by atoms with Gasteiger partial charge in [-0.2, -0.15) is 5.26 Å². The summed E-state index contributed by atoms with van der Waals surface area (Å²) in [5.74, 6) is 0.0585. The molecule has 5 heteroatoms. The van der Waals surface area contributed by atoms with Crippen molar-refractivity contribution in [2.24, 2.45) is 0 Å². The predicted octanol–water partition coefficient (Wildman–Crippen LogP) is 2.78. The molecule has 1 aliphatic rings. The second-order valence-electron chi connectivity index (χ2n) is 6.71. The van der Waals surface area contributed by atoms with Crippen LogP contribution in [0.15, 0.2) is 54.6 Å². The van der Waals surface area contributed by atoms with Crippen molar-refractivity contribution in [1.82, 2.24) is 9.80 Å². The molecule has 1 fully saturated rings. The maximum absolute atomic E-state index is 12.7. The molecule has 5 nitrogen and oxygen atoms in total. The first-order valence-corrected chi connectivity index (χ1v) is 8.85. The fourth-order valence-corrected chi connectivity index (χ4v) is 3.27. The summed E-state index contributed by atoms with van der Waals surface area (Å²) in [5.41, 5.74) is 2.80. The highest BCUT2D eigenvalue weighted by molar-refractivity contribution is 5.94. The second-order valence-corrected chi connectivity index (χ2v) is 6.71. The van der Waals surface area contributed by atoms with Crippen molar-refractivity contribution in [2.75, 3.05) is 45.2 Å². The molecule has 0 bridgehead atoms. The fraction of sp³-hybridized carbons (Fsp3) is 0.333. The van der Waals surface area contributed by atoms with Gasteiger partial charge in [-0.1, -0.05) is 30.3 Å². The van der Waals surface area contributed by atoms with Crippen LogP contribution in [-0.4, -0.2) is 56.0 Å². The van der Waals surface area contributed by atoms with Gasteiger partial charge >= 0.3 is 0 Å². The lowest BCUT2D eigenvalue weighted by Crippen LogP contribution is -2.49. The van der Waals surface area contributed by atoms with Crippen LogP contribution in [0.5, 0.6) is 0 Å². The normalized spacial score (nSPS) is 16.0. The second kappa shape index (κ2) is 8.03. The van der Waals surface area contributed by atoms with Crippen molar-refractivity contribution in [3.63, 3.8) is 0 Å². The zero-order valence-corrected chi connectivity index (χ0v) is 15.3. The SMILES string of the molecule is CN(C)c1ccc(C(=O)N2CCN([C@H](C#N)c3ccccc3)CC2)cc1. The Morgan fingerprint density at radius 3 is 2.15 bits per heavy atom. The molecule has 0 aliphatic carbocycles. The van der Waals surface area contributed by atoms with Crippen molar-refractivity contribution in [2.45, 2.75) is 6.04 Å². The summed E-state index contributed by atoms with van der Waals surface area (Å²) < 4.78 is 0. The predicted molar refractivity (Wildman–Crippen MR) is 103 cm³/mol. The average Bonchev–Trinajstić information content (AvgIpc) is 2.69. The van der Waals surface area contributed by atoms with E-state index < -0.39 is 0 Å². The quantitative estimate of drug-likeness (QED) is 0.852. The Labute approximate surface area is 155 Å². The number of piperazine rings is 1. The molecule has 0 radical (unpaired) electrons. The number of anilines is 1. The molecule has 0 spiro atoms. The summed E-state index contributed by atoms with van der Waals surface area (Å²) in [6.45, 7) is 2.68. The molecule has 0 saturated carbocycles. The van der Waals surface area contributed by atoms with Crippen molar-refractivity contribution in [3.05, 3.63) is 65.7 Å². The van der Waals surface area contributed by atoms with Gasteiger partial charge in [0.05, 0.1) is 6.07 Å². The van der Waals surface area contributed by atoms with Crippen LogP contribution in [0.2, 0.25) is 0 Å². The average molecular weight is 348 g/mol. The van der Waals surface area contributed by atoms with Crippen LogP contribution in [0.25, 0.3) is 0 Å². The molecule has 1 saturated heterocycles. The number of carbonyl (C=O) groups is 1. The van der Waals surface area contributed by atoms with Crippen LogP contribution < -0.4 is 4.90 Å². The Morgan fingerprint density at radius 2 is 1.62 bits per heavy atom. The molecule has 26 heavy (non-hydrogen) atoms. The number of nitrogens with zero attached hydrogens (tertiary/aromatic N) is 4. The number of rotatable bonds is 4. The minimum absolute atomic E-state index is 0.0585. The number of carbonyl (C=O) groups excluding carboxylic acids is 1. The molecule has 1 amide bonds. The van der Waals surface area contributed by atoms with E-state index in [4.69, 9.17) is 0 Å². The first-order valence-electron chi connectivity index (χ1n) is 8.85. The highest BCUT2D eigenvalue weighted by Crippen LogP contribution is 2.22. The molecule has 2 aromatic rings. The maximum Gasteiger partial charge on any atom is 0.253 e. The standard InChI is InChI=1S/C21H24N4O/c1-23(2)19-10-8-18(9-11-19)21(26)25-14-12-24(13-15-25)20(16-22)17-6-4-3-5-7-17/h3-11,20H,12-15H2,1-2H3/t20-/m1/s1. The lowest BCUT2D eigenvalue weighted by Gasteiger charge is -2.37. The van der Waals surface area contributed by atoms with Gasteiger partial charge in [0.25, 0.3) is 5.91 Å². The monoisotopic (exact) mass is 348 g/mol. The number of amides is 1. The van der Waals surface area contributed by atoms with Gasteiger partial charge in [0.1, 0.15) is 6.04 Å². The number of nitriles is 1. The molecule has 0 unspecified atom stereocenters. The van der Waals surface area contributed by atoms with Crippen LogP contribution in [0.1, 0.15) is 22.0 Å². The topological polar surface area (TPSA) is 50.6 Å². The summed E-state index contributed by atoms with van der Waals surface area (Å²) >= 11 is 0. The zero-order chi connectivity index (χ0) is 18.5. The first-order chi connectivity index (χ1) is 12.6. The van der Waals surface area contributed by atoms with Gasteiger partial charge in [0.2, 0.25) is 0 Å². The minimum Gasteiger partial charge on any atom is -0.378 e. The first kappa shape index (κ1) is 18.0. The van der Waals surface area contributed by atoms with Crippen molar-refractivity contribution >= 4 is 11.6 Å². The van der Waals surface area contributed by atoms with Gasteiger partial charge in [0, 0.05) is 51.5 Å². The Hall–Kier alpha value is -2.84. The van der Waals surface area contributed by atoms with Crippen LogP contribution in [0.3, 0.4) is 0 Å². The minimum atomic E-state index is -0.257. The van der Waals surface area contributed by atoms with E-state index in [1.54, 1.807) is 0 Å². The van der Waals surface area contributed by atoms with Gasteiger partial charge in [-0.3, -0.25) is 9.69 Å². The molecule has 1 heterocycles. The van der Waals surface area contributed by atoms with Crippen molar-refractivity contribution < 1.29 is 4.79 Å². The highest BCUT2D eigenvalue weighted by Gasteiger charge is 2.27. The number of hydrogen-bond donors (Lipinski definition) is 0. The Balaban J connectivity index is 1.62. The van der Waals surface area contributed by atoms with Gasteiger partial charge in [-0.05, 0) is 29.8 Å². The smallest absolute Gasteiger partial charge is 0.253 e.